The molecule has 11 N–H and O–H groups in total. The third-order valence-electron chi connectivity index (χ3n) is 22.7. The van der Waals surface area contributed by atoms with Crippen molar-refractivity contribution < 1.29 is 100 Å². The number of anilines is 2. The second-order valence-corrected chi connectivity index (χ2v) is 31.1. The highest BCUT2D eigenvalue weighted by atomic mass is 19.1. The maximum Gasteiger partial charge on any atom is 0.514 e. The number of unbranched alkanes of at least 4 members (excludes halogenated alkanes) is 1. The third-order valence-corrected chi connectivity index (χ3v) is 22.7. The van der Waals surface area contributed by atoms with Gasteiger partial charge in [-0.3, -0.25) is 63.1 Å². The zero-order valence-electron chi connectivity index (χ0n) is 69.6. The number of nitrogens with zero attached hydrogens (tertiary/aromatic N) is 6. The van der Waals surface area contributed by atoms with Gasteiger partial charge in [-0.2, -0.15) is 0 Å². The van der Waals surface area contributed by atoms with Crippen LogP contribution in [0.3, 0.4) is 0 Å². The van der Waals surface area contributed by atoms with E-state index in [1.807, 2.05) is 13.8 Å². The van der Waals surface area contributed by atoms with Gasteiger partial charge < -0.3 is 85.4 Å². The smallest absolute Gasteiger partial charge is 0.490 e. The average Bonchev–Trinajstić information content (AvgIpc) is 1.50. The summed E-state index contributed by atoms with van der Waals surface area (Å²) in [5.41, 5.74) is 8.90. The molecule has 0 bridgehead atoms. The number of carbonyl (C=O) groups excluding carboxylic acids is 11. The Labute approximate surface area is 713 Å². The summed E-state index contributed by atoms with van der Waals surface area (Å²) >= 11 is 0. The number of aliphatic hydroxyl groups is 2. The number of fused-ring (bicyclic) bond motifs is 10. The lowest BCUT2D eigenvalue weighted by Gasteiger charge is -2.35. The maximum absolute atomic E-state index is 15.8. The number of aryl methyl sites for hydroxylation is 2. The highest BCUT2D eigenvalue weighted by Crippen LogP contribution is 2.45. The SMILES string of the molecule is C=C1OCc2c(cc3n(c2=O)Cc2c-3nc3cc(F)c(OCNC(=O)OCc4ccc(NC(=O)[C@H](C)NC(=O)[C@@H](NC(=O)CN(CCN5C(=O)C=CC5=O)CC(=O)NCC(=O)N[C@@H](CCCCN)C(=O)Nc5ccc(COC(=O)Oc6cc7c(CC)c8c(nc7cc6F)-c6cc7c(c(=O)n6C8)COC(=O)[C@]7(O)CC)cc5)C(C)C)cc4)cc3c2CC)[C@@]1(O)CC. The Hall–Kier alpha value is -13.7. The number of carbonyl (C=O) groups is 11. The summed E-state index contributed by atoms with van der Waals surface area (Å²) in [7, 11) is 0. The van der Waals surface area contributed by atoms with E-state index in [2.05, 4.69) is 43.8 Å². The number of pyridine rings is 4. The number of hydrogen-bond acceptors (Lipinski definition) is 25. The first-order valence-corrected chi connectivity index (χ1v) is 40.9. The van der Waals surface area contributed by atoms with Crippen LogP contribution in [0.25, 0.3) is 44.6 Å². The minimum atomic E-state index is -2.05. The van der Waals surface area contributed by atoms with E-state index in [1.54, 1.807) is 56.5 Å². The van der Waals surface area contributed by atoms with Crippen LogP contribution < -0.4 is 63.5 Å². The molecule has 0 fully saturated rings. The van der Waals surface area contributed by atoms with E-state index >= 15 is 8.78 Å². The molecule has 0 unspecified atom stereocenters. The zero-order valence-corrected chi connectivity index (χ0v) is 69.6. The van der Waals surface area contributed by atoms with E-state index in [-0.39, 0.29) is 118 Å². The van der Waals surface area contributed by atoms with Gasteiger partial charge in [-0.25, -0.2) is 33.1 Å². The Bertz CT molecular complexity index is 5880. The predicted octanol–water partition coefficient (Wildman–Crippen LogP) is 6.02. The van der Waals surface area contributed by atoms with Gasteiger partial charge >= 0.3 is 18.2 Å². The average molecular weight is 1720 g/mol. The number of aromatic nitrogens is 4. The Morgan fingerprint density at radius 3 is 1.72 bits per heavy atom. The molecule has 5 aliphatic rings. The molecule has 0 spiro atoms. The fourth-order valence-corrected chi connectivity index (χ4v) is 15.8. The molecule has 0 saturated carbocycles. The van der Waals surface area contributed by atoms with Crippen LogP contribution in [0.2, 0.25) is 0 Å². The first-order valence-electron chi connectivity index (χ1n) is 40.9. The van der Waals surface area contributed by atoms with Crippen molar-refractivity contribution in [2.24, 2.45) is 11.7 Å². The number of imide groups is 1. The van der Waals surface area contributed by atoms with Crippen molar-refractivity contribution in [3.8, 4) is 34.3 Å². The molecule has 0 radical (unpaired) electrons. The number of esters is 1. The number of halogens is 2. The van der Waals surface area contributed by atoms with Crippen molar-refractivity contribution in [1.82, 2.24) is 55.5 Å². The number of nitrogens with one attached hydrogen (secondary N) is 7. The number of alkyl carbamates (subject to hydrolysis) is 1. The minimum absolute atomic E-state index is 0.0463. The number of ether oxygens (including phenoxy) is 6. The quantitative estimate of drug-likeness (QED) is 0.00550. The number of benzene rings is 4. The van der Waals surface area contributed by atoms with Crippen molar-refractivity contribution in [3.05, 3.63) is 197 Å². The molecule has 9 heterocycles. The van der Waals surface area contributed by atoms with Gasteiger partial charge in [0.1, 0.15) is 55.9 Å². The van der Waals surface area contributed by atoms with Crippen LogP contribution in [-0.4, -0.2) is 169 Å². The number of cyclic esters (lactones) is 1. The topological polar surface area (TPSA) is 470 Å². The van der Waals surface area contributed by atoms with Gasteiger partial charge in [0.05, 0.1) is 77.7 Å². The molecule has 37 heteroatoms. The number of rotatable bonds is 34. The zero-order chi connectivity index (χ0) is 89.6. The summed E-state index contributed by atoms with van der Waals surface area (Å²) in [4.78, 5) is 185. The van der Waals surface area contributed by atoms with Crippen molar-refractivity contribution in [2.75, 3.05) is 56.6 Å². The molecule has 5 aliphatic heterocycles. The Morgan fingerprint density at radius 1 is 0.624 bits per heavy atom. The van der Waals surface area contributed by atoms with Gasteiger partial charge in [0, 0.05) is 81.8 Å². The molecule has 9 amide bonds. The third kappa shape index (κ3) is 18.8. The molecule has 13 rings (SSSR count). The lowest BCUT2D eigenvalue weighted by atomic mass is 9.84. The first kappa shape index (κ1) is 89.1. The van der Waals surface area contributed by atoms with E-state index in [0.29, 0.717) is 104 Å². The van der Waals surface area contributed by atoms with E-state index in [9.17, 15) is 72.5 Å². The van der Waals surface area contributed by atoms with Gasteiger partial charge in [0.2, 0.25) is 35.4 Å². The summed E-state index contributed by atoms with van der Waals surface area (Å²) in [6.07, 6.45) is 2.05. The molecule has 125 heavy (non-hydrogen) atoms. The van der Waals surface area contributed by atoms with E-state index in [0.717, 1.165) is 34.2 Å². The van der Waals surface area contributed by atoms with Crippen LogP contribution >= 0.6 is 0 Å². The number of amides is 9. The first-order chi connectivity index (χ1) is 59.8. The van der Waals surface area contributed by atoms with Gasteiger partial charge in [0.25, 0.3) is 22.9 Å². The molecule has 0 saturated heterocycles. The van der Waals surface area contributed by atoms with Crippen molar-refractivity contribution >= 4 is 98.7 Å². The van der Waals surface area contributed by atoms with Crippen LogP contribution in [0.1, 0.15) is 136 Å². The highest BCUT2D eigenvalue weighted by molar-refractivity contribution is 6.13. The molecule has 8 aromatic rings. The summed E-state index contributed by atoms with van der Waals surface area (Å²) < 4.78 is 67.1. The Kier molecular flexibility index (Phi) is 26.8. The van der Waals surface area contributed by atoms with Crippen LogP contribution in [-0.2, 0) is 126 Å². The summed E-state index contributed by atoms with van der Waals surface area (Å²) in [5, 5.41) is 42.1. The van der Waals surface area contributed by atoms with Crippen LogP contribution in [0.5, 0.6) is 11.5 Å². The summed E-state index contributed by atoms with van der Waals surface area (Å²) in [6, 6.07) is 17.1. The molecule has 35 nitrogen and oxygen atoms in total. The highest BCUT2D eigenvalue weighted by Gasteiger charge is 2.47. The molecule has 4 aromatic heterocycles. The summed E-state index contributed by atoms with van der Waals surface area (Å²) in [6.45, 7) is 12.6. The Balaban J connectivity index is 0.550. The normalized spacial score (nSPS) is 16.5. The second-order valence-electron chi connectivity index (χ2n) is 31.1. The number of hydrogen-bond donors (Lipinski definition) is 10. The standard InChI is InChI=1S/C88H94F2N14O21/c1-9-52-54-29-69(62(89)33-65(54)98-77-56(52)36-103-67(77)31-60-58(82(103)113)42-120-47(8)87(60,118)11-3)124-44-93-85(116)122-40-48-16-20-50(21-17-48)95-79(110)46(7)94-81(112)76(45(5)6)100-73(107)39-101(27-28-102-74(108)24-25-75(102)109)38-72(106)92-35-71(105)97-64(15-13-14-26-91)80(111)96-51-22-18-49(19-23-51)41-123-86(117)125-70-30-55-53(10-2)57-37-104-68(78(57)99-66(55)34-63(70)90)32-61-59(83(104)114)43-121-84(115)88(61,119)12-4/h16-25,29-34,45-46,64,76,118-119H,8-15,26-28,35-44,91H2,1-7H3,(H,92,106)(H,93,116)(H,94,112)(H,95,110)(H,96,111)(H,97,105)(H,100,107)/t46-,64-,76-,87+,88-/m0/s1. The fourth-order valence-electron chi connectivity index (χ4n) is 15.8. The van der Waals surface area contributed by atoms with Gasteiger partial charge in [-0.05, 0) is 135 Å². The largest absolute Gasteiger partial charge is 0.514 e. The van der Waals surface area contributed by atoms with E-state index < -0.39 is 150 Å². The van der Waals surface area contributed by atoms with Gasteiger partial charge in [-0.15, -0.1) is 0 Å². The maximum atomic E-state index is 15.8. The number of nitrogens with two attached hydrogens (primary N) is 1. The van der Waals surface area contributed by atoms with Crippen LogP contribution in [0.4, 0.5) is 29.7 Å². The van der Waals surface area contributed by atoms with Crippen molar-refractivity contribution in [1.29, 1.82) is 0 Å². The Morgan fingerprint density at radius 2 is 1.16 bits per heavy atom. The molecule has 0 aliphatic carbocycles. The van der Waals surface area contributed by atoms with Gasteiger partial charge in [0.15, 0.2) is 35.5 Å². The monoisotopic (exact) mass is 1720 g/mol. The lowest BCUT2D eigenvalue weighted by Crippen LogP contribution is -2.55. The van der Waals surface area contributed by atoms with E-state index in [1.165, 1.54) is 71.0 Å². The lowest BCUT2D eigenvalue weighted by molar-refractivity contribution is -0.172. The van der Waals surface area contributed by atoms with Crippen LogP contribution in [0, 0.1) is 17.6 Å². The molecule has 656 valence electrons. The molecular formula is C88H94F2N14O21. The minimum Gasteiger partial charge on any atom is -0.490 e. The second kappa shape index (κ2) is 37.6. The molecule has 4 aromatic carbocycles. The van der Waals surface area contributed by atoms with Crippen LogP contribution in [0.15, 0.2) is 119 Å². The molecule has 5 atom stereocenters. The fraction of sp³-hybridized carbons (Fsp3) is 0.375. The molecular weight excluding hydrogens is 1630 g/mol. The van der Waals surface area contributed by atoms with Crippen molar-refractivity contribution in [3.63, 3.8) is 0 Å². The van der Waals surface area contributed by atoms with Gasteiger partial charge in [-0.1, -0.05) is 72.4 Å². The van der Waals surface area contributed by atoms with Crippen molar-refractivity contribution in [2.45, 2.75) is 162 Å². The predicted molar refractivity (Wildman–Crippen MR) is 446 cm³/mol. The summed E-state index contributed by atoms with van der Waals surface area (Å²) in [5.74, 6) is -9.30. The van der Waals surface area contributed by atoms with E-state index in [4.69, 9.17) is 44.1 Å².